The lowest BCUT2D eigenvalue weighted by atomic mass is 10.1. The molecule has 4 heteroatoms. The SMILES string of the molecule is O=c1cc(-c2ccccc2O)oc2cnccc12. The van der Waals surface area contributed by atoms with Crippen molar-refractivity contribution in [3.8, 4) is 17.1 Å². The zero-order valence-corrected chi connectivity index (χ0v) is 9.33. The van der Waals surface area contributed by atoms with Crippen LogP contribution < -0.4 is 5.43 Å². The van der Waals surface area contributed by atoms with Crippen LogP contribution in [0.1, 0.15) is 0 Å². The van der Waals surface area contributed by atoms with Crippen LogP contribution in [0.15, 0.2) is 58.0 Å². The molecular formula is C14H9NO3. The van der Waals surface area contributed by atoms with Crippen LogP contribution in [0.2, 0.25) is 0 Å². The molecule has 0 atom stereocenters. The minimum atomic E-state index is -0.156. The predicted octanol–water partition coefficient (Wildman–Crippen LogP) is 2.56. The Morgan fingerprint density at radius 2 is 2.00 bits per heavy atom. The van der Waals surface area contributed by atoms with E-state index >= 15 is 0 Å². The quantitative estimate of drug-likeness (QED) is 0.708. The van der Waals surface area contributed by atoms with Gasteiger partial charge in [-0.2, -0.15) is 0 Å². The average Bonchev–Trinajstić information content (AvgIpc) is 2.39. The lowest BCUT2D eigenvalue weighted by Gasteiger charge is -2.04. The number of nitrogens with zero attached hydrogens (tertiary/aromatic N) is 1. The summed E-state index contributed by atoms with van der Waals surface area (Å²) in [6.07, 6.45) is 3.03. The highest BCUT2D eigenvalue weighted by Gasteiger charge is 2.09. The third-order valence-electron chi connectivity index (χ3n) is 2.70. The zero-order chi connectivity index (χ0) is 12.5. The molecule has 0 spiro atoms. The van der Waals surface area contributed by atoms with Gasteiger partial charge in [0.05, 0.1) is 17.1 Å². The monoisotopic (exact) mass is 239 g/mol. The molecule has 1 N–H and O–H groups in total. The zero-order valence-electron chi connectivity index (χ0n) is 9.33. The number of hydrogen-bond donors (Lipinski definition) is 1. The second-order valence-electron chi connectivity index (χ2n) is 3.86. The third-order valence-corrected chi connectivity index (χ3v) is 2.70. The largest absolute Gasteiger partial charge is 0.507 e. The summed E-state index contributed by atoms with van der Waals surface area (Å²) in [6, 6.07) is 9.69. The van der Waals surface area contributed by atoms with Crippen molar-refractivity contribution in [2.24, 2.45) is 0 Å². The lowest BCUT2D eigenvalue weighted by Crippen LogP contribution is -2.00. The molecule has 3 aromatic rings. The van der Waals surface area contributed by atoms with E-state index in [2.05, 4.69) is 4.98 Å². The van der Waals surface area contributed by atoms with E-state index in [0.717, 1.165) is 0 Å². The fourth-order valence-electron chi connectivity index (χ4n) is 1.82. The Balaban J connectivity index is 2.32. The summed E-state index contributed by atoms with van der Waals surface area (Å²) in [4.78, 5) is 15.8. The molecule has 0 radical (unpaired) electrons. The number of rotatable bonds is 1. The summed E-state index contributed by atoms with van der Waals surface area (Å²) in [5, 5.41) is 10.2. The van der Waals surface area contributed by atoms with Crippen LogP contribution >= 0.6 is 0 Å². The Bertz CT molecular complexity index is 777. The maximum Gasteiger partial charge on any atom is 0.193 e. The van der Waals surface area contributed by atoms with E-state index in [0.29, 0.717) is 22.3 Å². The number of phenolic OH excluding ortho intramolecular Hbond substituents is 1. The highest BCUT2D eigenvalue weighted by Crippen LogP contribution is 2.29. The van der Waals surface area contributed by atoms with Crippen molar-refractivity contribution in [3.05, 3.63) is 59.0 Å². The van der Waals surface area contributed by atoms with Crippen LogP contribution in [0.3, 0.4) is 0 Å². The van der Waals surface area contributed by atoms with Crippen LogP contribution in [-0.2, 0) is 0 Å². The molecule has 88 valence electrons. The predicted molar refractivity (Wildman–Crippen MR) is 67.4 cm³/mol. The van der Waals surface area contributed by atoms with Crippen LogP contribution in [0, 0.1) is 0 Å². The second kappa shape index (κ2) is 4.00. The normalized spacial score (nSPS) is 10.7. The van der Waals surface area contributed by atoms with E-state index in [4.69, 9.17) is 4.42 Å². The number of hydrogen-bond acceptors (Lipinski definition) is 4. The Morgan fingerprint density at radius 3 is 2.83 bits per heavy atom. The molecule has 0 amide bonds. The average molecular weight is 239 g/mol. The van der Waals surface area contributed by atoms with Gasteiger partial charge >= 0.3 is 0 Å². The number of benzene rings is 1. The lowest BCUT2D eigenvalue weighted by molar-refractivity contribution is 0.474. The molecule has 0 unspecified atom stereocenters. The highest BCUT2D eigenvalue weighted by molar-refractivity contribution is 5.78. The Morgan fingerprint density at radius 1 is 1.17 bits per heavy atom. The maximum atomic E-state index is 11.9. The molecule has 0 saturated carbocycles. The number of phenols is 1. The van der Waals surface area contributed by atoms with Crippen LogP contribution in [-0.4, -0.2) is 10.1 Å². The fourth-order valence-corrected chi connectivity index (χ4v) is 1.82. The topological polar surface area (TPSA) is 63.3 Å². The molecule has 0 saturated heterocycles. The molecule has 4 nitrogen and oxygen atoms in total. The first kappa shape index (κ1) is 10.5. The van der Waals surface area contributed by atoms with E-state index < -0.39 is 0 Å². The number of aromatic nitrogens is 1. The van der Waals surface area contributed by atoms with Crippen molar-refractivity contribution in [2.45, 2.75) is 0 Å². The van der Waals surface area contributed by atoms with Crippen molar-refractivity contribution < 1.29 is 9.52 Å². The molecule has 0 bridgehead atoms. The molecule has 0 aliphatic rings. The number of pyridine rings is 1. The summed E-state index contributed by atoms with van der Waals surface area (Å²) < 4.78 is 5.59. The van der Waals surface area contributed by atoms with Crippen molar-refractivity contribution >= 4 is 11.0 Å². The Hall–Kier alpha value is -2.62. The van der Waals surface area contributed by atoms with E-state index in [1.807, 2.05) is 0 Å². The maximum absolute atomic E-state index is 11.9. The second-order valence-corrected chi connectivity index (χ2v) is 3.86. The fraction of sp³-hybridized carbons (Fsp3) is 0. The number of aromatic hydroxyl groups is 1. The van der Waals surface area contributed by atoms with Crippen molar-refractivity contribution in [3.63, 3.8) is 0 Å². The van der Waals surface area contributed by atoms with Gasteiger partial charge in [-0.3, -0.25) is 9.78 Å². The van der Waals surface area contributed by atoms with Gasteiger partial charge < -0.3 is 9.52 Å². The Labute approximate surface area is 102 Å². The smallest absolute Gasteiger partial charge is 0.193 e. The van der Waals surface area contributed by atoms with Crippen molar-refractivity contribution in [1.82, 2.24) is 4.98 Å². The first-order valence-electron chi connectivity index (χ1n) is 5.42. The molecule has 18 heavy (non-hydrogen) atoms. The van der Waals surface area contributed by atoms with E-state index in [1.54, 1.807) is 36.5 Å². The van der Waals surface area contributed by atoms with Crippen molar-refractivity contribution in [1.29, 1.82) is 0 Å². The summed E-state index contributed by atoms with van der Waals surface area (Å²) >= 11 is 0. The summed E-state index contributed by atoms with van der Waals surface area (Å²) in [5.41, 5.74) is 0.737. The molecule has 0 aliphatic carbocycles. The molecule has 1 aromatic carbocycles. The van der Waals surface area contributed by atoms with E-state index in [-0.39, 0.29) is 11.2 Å². The Kier molecular flexibility index (Phi) is 2.34. The van der Waals surface area contributed by atoms with Gasteiger partial charge in [0.15, 0.2) is 11.0 Å². The van der Waals surface area contributed by atoms with Crippen LogP contribution in [0.5, 0.6) is 5.75 Å². The first-order valence-corrected chi connectivity index (χ1v) is 5.42. The molecule has 3 rings (SSSR count). The highest BCUT2D eigenvalue weighted by atomic mass is 16.3. The van der Waals surface area contributed by atoms with Gasteiger partial charge in [0.2, 0.25) is 0 Å². The minimum absolute atomic E-state index is 0.0730. The molecule has 2 aromatic heterocycles. The summed E-state index contributed by atoms with van der Waals surface area (Å²) in [6.45, 7) is 0. The van der Waals surface area contributed by atoms with Crippen LogP contribution in [0.4, 0.5) is 0 Å². The minimum Gasteiger partial charge on any atom is -0.507 e. The van der Waals surface area contributed by atoms with E-state index in [9.17, 15) is 9.90 Å². The number of para-hydroxylation sites is 1. The van der Waals surface area contributed by atoms with Gasteiger partial charge in [0.25, 0.3) is 0 Å². The van der Waals surface area contributed by atoms with Gasteiger partial charge in [-0.1, -0.05) is 12.1 Å². The summed E-state index contributed by atoms with van der Waals surface area (Å²) in [5.74, 6) is 0.405. The molecule has 0 aliphatic heterocycles. The molecular weight excluding hydrogens is 230 g/mol. The third kappa shape index (κ3) is 1.64. The van der Waals surface area contributed by atoms with Gasteiger partial charge in [-0.25, -0.2) is 0 Å². The van der Waals surface area contributed by atoms with E-state index in [1.165, 1.54) is 12.3 Å². The van der Waals surface area contributed by atoms with Crippen LogP contribution in [0.25, 0.3) is 22.3 Å². The standard InChI is InChI=1S/C14H9NO3/c16-11-4-2-1-3-9(11)13-7-12(17)10-5-6-15-8-14(10)18-13/h1-8,16H. The van der Waals surface area contributed by atoms with Gasteiger partial charge in [-0.05, 0) is 18.2 Å². The molecule has 2 heterocycles. The van der Waals surface area contributed by atoms with Gasteiger partial charge in [0, 0.05) is 12.3 Å². The summed E-state index contributed by atoms with van der Waals surface area (Å²) in [7, 11) is 0. The number of fused-ring (bicyclic) bond motifs is 1. The first-order chi connectivity index (χ1) is 8.75. The van der Waals surface area contributed by atoms with Crippen molar-refractivity contribution in [2.75, 3.05) is 0 Å². The van der Waals surface area contributed by atoms with Gasteiger partial charge in [-0.15, -0.1) is 0 Å². The molecule has 0 fully saturated rings. The van der Waals surface area contributed by atoms with Gasteiger partial charge in [0.1, 0.15) is 11.5 Å².